The highest BCUT2D eigenvalue weighted by Gasteiger charge is 2.62. The van der Waals surface area contributed by atoms with Gasteiger partial charge in [-0.15, -0.1) is 0 Å². The van der Waals surface area contributed by atoms with Crippen molar-refractivity contribution in [3.8, 4) is 0 Å². The molecule has 9 heavy (non-hydrogen) atoms. The Morgan fingerprint density at radius 1 is 1.11 bits per heavy atom. The third-order valence-electron chi connectivity index (χ3n) is 3.45. The molecule has 1 heteroatoms. The molecule has 0 spiro atoms. The second kappa shape index (κ2) is 1.09. The number of Topliss-reactive ketones (excluding diaryl/α,β-unsaturated/α-hetero) is 1. The minimum Gasteiger partial charge on any atom is -0.299 e. The van der Waals surface area contributed by atoms with E-state index in [0.717, 1.165) is 11.8 Å². The molecule has 3 rings (SSSR count). The largest absolute Gasteiger partial charge is 0.299 e. The fourth-order valence-electron chi connectivity index (χ4n) is 2.68. The van der Waals surface area contributed by atoms with Gasteiger partial charge in [-0.1, -0.05) is 0 Å². The number of rotatable bonds is 0. The minimum absolute atomic E-state index is 0.550. The van der Waals surface area contributed by atoms with Crippen molar-refractivity contribution in [1.82, 2.24) is 0 Å². The van der Waals surface area contributed by atoms with Crippen molar-refractivity contribution in [2.75, 3.05) is 0 Å². The fourth-order valence-corrected chi connectivity index (χ4v) is 2.68. The Morgan fingerprint density at radius 3 is 2.33 bits per heavy atom. The molecule has 4 atom stereocenters. The summed E-state index contributed by atoms with van der Waals surface area (Å²) >= 11 is 0. The summed E-state index contributed by atoms with van der Waals surface area (Å²) in [6.07, 6.45) is 3.83. The molecule has 3 aliphatic carbocycles. The average Bonchev–Trinajstić information content (AvgIpc) is 2.38. The van der Waals surface area contributed by atoms with Crippen LogP contribution in [-0.2, 0) is 4.79 Å². The van der Waals surface area contributed by atoms with Crippen molar-refractivity contribution in [3.05, 3.63) is 0 Å². The normalized spacial score (nSPS) is 60.2. The molecule has 0 aliphatic heterocycles. The van der Waals surface area contributed by atoms with Gasteiger partial charge in [0, 0.05) is 11.8 Å². The lowest BCUT2D eigenvalue weighted by molar-refractivity contribution is -0.125. The average molecular weight is 122 g/mol. The molecule has 3 fully saturated rings. The first-order valence-corrected chi connectivity index (χ1v) is 3.91. The predicted octanol–water partition coefficient (Wildman–Crippen LogP) is 1.23. The van der Waals surface area contributed by atoms with Crippen molar-refractivity contribution < 1.29 is 4.79 Å². The number of hydrogen-bond donors (Lipinski definition) is 0. The molecule has 0 aromatic carbocycles. The Labute approximate surface area is 54.4 Å². The Balaban J connectivity index is 2.00. The first kappa shape index (κ1) is 4.48. The molecule has 0 amide bonds. The Hall–Kier alpha value is -0.330. The number of fused-ring (bicyclic) bond motifs is 3. The standard InChI is InChI=1S/C8H10O/c9-8-5-2-1-4(5)6-3-7(6)8/h4-7H,1-3H2/t4-,5+,6-,7-/m1/s1. The molecule has 0 saturated heterocycles. The van der Waals surface area contributed by atoms with Crippen LogP contribution in [0.4, 0.5) is 0 Å². The van der Waals surface area contributed by atoms with Crippen molar-refractivity contribution in [1.29, 1.82) is 0 Å². The van der Waals surface area contributed by atoms with Crippen LogP contribution < -0.4 is 0 Å². The summed E-state index contributed by atoms with van der Waals surface area (Å²) in [5, 5.41) is 0. The highest BCUT2D eigenvalue weighted by molar-refractivity contribution is 5.90. The van der Waals surface area contributed by atoms with Crippen molar-refractivity contribution in [2.24, 2.45) is 23.7 Å². The van der Waals surface area contributed by atoms with Gasteiger partial charge in [0.15, 0.2) is 0 Å². The van der Waals surface area contributed by atoms with E-state index in [9.17, 15) is 4.79 Å². The number of carbonyl (C=O) groups is 1. The second-order valence-electron chi connectivity index (χ2n) is 3.76. The van der Waals surface area contributed by atoms with Crippen LogP contribution in [0.25, 0.3) is 0 Å². The maximum atomic E-state index is 11.2. The molecular formula is C8H10O. The molecule has 0 radical (unpaired) electrons. The van der Waals surface area contributed by atoms with E-state index in [1.54, 1.807) is 0 Å². The third-order valence-corrected chi connectivity index (χ3v) is 3.45. The van der Waals surface area contributed by atoms with Gasteiger partial charge in [-0.3, -0.25) is 4.79 Å². The quantitative estimate of drug-likeness (QED) is 0.472. The van der Waals surface area contributed by atoms with E-state index in [-0.39, 0.29) is 0 Å². The van der Waals surface area contributed by atoms with Crippen molar-refractivity contribution in [3.63, 3.8) is 0 Å². The van der Waals surface area contributed by atoms with Gasteiger partial charge in [0.1, 0.15) is 5.78 Å². The van der Waals surface area contributed by atoms with Crippen molar-refractivity contribution in [2.45, 2.75) is 19.3 Å². The SMILES string of the molecule is O=C1[C@H]2CC[C@H]2[C@H]2C[C@@H]12. The van der Waals surface area contributed by atoms with Crippen LogP contribution in [0.15, 0.2) is 0 Å². The Bertz CT molecular complexity index is 185. The molecule has 3 saturated carbocycles. The first-order chi connectivity index (χ1) is 4.38. The molecule has 0 bridgehead atoms. The number of ketones is 1. The minimum atomic E-state index is 0.550. The molecule has 0 N–H and O–H groups in total. The molecule has 0 unspecified atom stereocenters. The molecule has 0 heterocycles. The van der Waals surface area contributed by atoms with Crippen LogP contribution in [0, 0.1) is 23.7 Å². The van der Waals surface area contributed by atoms with Crippen LogP contribution in [0.5, 0.6) is 0 Å². The summed E-state index contributed by atoms with van der Waals surface area (Å²) in [4.78, 5) is 11.2. The molecule has 3 aliphatic rings. The van der Waals surface area contributed by atoms with Crippen LogP contribution in [0.2, 0.25) is 0 Å². The first-order valence-electron chi connectivity index (χ1n) is 3.91. The summed E-state index contributed by atoms with van der Waals surface area (Å²) < 4.78 is 0. The van der Waals surface area contributed by atoms with E-state index in [1.807, 2.05) is 0 Å². The number of hydrogen-bond acceptors (Lipinski definition) is 1. The summed E-state index contributed by atoms with van der Waals surface area (Å²) in [7, 11) is 0. The second-order valence-corrected chi connectivity index (χ2v) is 3.76. The summed E-state index contributed by atoms with van der Waals surface area (Å²) in [5.74, 6) is 3.46. The van der Waals surface area contributed by atoms with Gasteiger partial charge in [-0.25, -0.2) is 0 Å². The molecule has 48 valence electrons. The van der Waals surface area contributed by atoms with Gasteiger partial charge in [0.25, 0.3) is 0 Å². The molecule has 1 nitrogen and oxygen atoms in total. The lowest BCUT2D eigenvalue weighted by atomic mass is 9.73. The predicted molar refractivity (Wildman–Crippen MR) is 32.8 cm³/mol. The zero-order valence-electron chi connectivity index (χ0n) is 5.34. The van der Waals surface area contributed by atoms with Crippen molar-refractivity contribution >= 4 is 5.78 Å². The fraction of sp³-hybridized carbons (Fsp3) is 0.875. The summed E-state index contributed by atoms with van der Waals surface area (Å²) in [6.45, 7) is 0. The van der Waals surface area contributed by atoms with E-state index in [4.69, 9.17) is 0 Å². The lowest BCUT2D eigenvalue weighted by Crippen LogP contribution is -2.28. The topological polar surface area (TPSA) is 17.1 Å². The molecule has 0 aromatic heterocycles. The van der Waals surface area contributed by atoms with E-state index in [2.05, 4.69) is 0 Å². The summed E-state index contributed by atoms with van der Waals surface area (Å²) in [5.41, 5.74) is 0. The zero-order chi connectivity index (χ0) is 6.01. The van der Waals surface area contributed by atoms with E-state index >= 15 is 0 Å². The number of carbonyl (C=O) groups excluding carboxylic acids is 1. The van der Waals surface area contributed by atoms with Gasteiger partial charge in [-0.2, -0.15) is 0 Å². The highest BCUT2D eigenvalue weighted by Crippen LogP contribution is 2.62. The monoisotopic (exact) mass is 122 g/mol. The maximum absolute atomic E-state index is 11.2. The van der Waals surface area contributed by atoms with Gasteiger partial charge in [-0.05, 0) is 31.1 Å². The smallest absolute Gasteiger partial charge is 0.139 e. The zero-order valence-corrected chi connectivity index (χ0v) is 5.34. The Kier molecular flexibility index (Phi) is 0.544. The maximum Gasteiger partial charge on any atom is 0.139 e. The Morgan fingerprint density at radius 2 is 2.00 bits per heavy atom. The van der Waals surface area contributed by atoms with Gasteiger partial charge >= 0.3 is 0 Å². The molecular weight excluding hydrogens is 112 g/mol. The molecule has 0 aromatic rings. The van der Waals surface area contributed by atoms with Gasteiger partial charge in [0.05, 0.1) is 0 Å². The van der Waals surface area contributed by atoms with Gasteiger partial charge < -0.3 is 0 Å². The lowest BCUT2D eigenvalue weighted by Gasteiger charge is -2.30. The van der Waals surface area contributed by atoms with E-state index in [1.165, 1.54) is 19.3 Å². The van der Waals surface area contributed by atoms with E-state index in [0.29, 0.717) is 17.6 Å². The van der Waals surface area contributed by atoms with Crippen LogP contribution >= 0.6 is 0 Å². The van der Waals surface area contributed by atoms with E-state index < -0.39 is 0 Å². The van der Waals surface area contributed by atoms with Crippen LogP contribution in [0.1, 0.15) is 19.3 Å². The van der Waals surface area contributed by atoms with Crippen LogP contribution in [0.3, 0.4) is 0 Å². The summed E-state index contributed by atoms with van der Waals surface area (Å²) in [6, 6.07) is 0. The highest BCUT2D eigenvalue weighted by atomic mass is 16.1. The van der Waals surface area contributed by atoms with Gasteiger partial charge in [0.2, 0.25) is 0 Å². The van der Waals surface area contributed by atoms with Crippen LogP contribution in [-0.4, -0.2) is 5.78 Å². The third kappa shape index (κ3) is 0.347.